The van der Waals surface area contributed by atoms with E-state index >= 15 is 0 Å². The zero-order valence-electron chi connectivity index (χ0n) is 29.4. The number of aliphatic imine (C=N–C) groups is 2. The molecule has 0 bridgehead atoms. The van der Waals surface area contributed by atoms with Crippen molar-refractivity contribution in [1.82, 2.24) is 9.88 Å². The monoisotopic (exact) mass is 738 g/mol. The van der Waals surface area contributed by atoms with E-state index in [1.807, 2.05) is 22.7 Å². The largest absolute Gasteiger partial charge is 0.324 e. The lowest BCUT2D eigenvalue weighted by Gasteiger charge is -2.25. The van der Waals surface area contributed by atoms with Crippen LogP contribution in [0.2, 0.25) is 0 Å². The Balaban J connectivity index is 1.17. The Morgan fingerprint density at radius 2 is 1.07 bits per heavy atom. The summed E-state index contributed by atoms with van der Waals surface area (Å²) in [6, 6.07) is 61.3. The van der Waals surface area contributed by atoms with Gasteiger partial charge in [0.15, 0.2) is 6.17 Å². The zero-order chi connectivity index (χ0) is 36.0. The molecule has 1 N–H and O–H groups in total. The Morgan fingerprint density at radius 1 is 0.436 bits per heavy atom. The molecule has 55 heavy (non-hydrogen) atoms. The Morgan fingerprint density at radius 3 is 1.89 bits per heavy atom. The maximum absolute atomic E-state index is 5.52. The fraction of sp³-hybridized carbons (Fsp3) is 0.0204. The number of rotatable bonds is 4. The third-order valence-electron chi connectivity index (χ3n) is 11.0. The molecule has 0 saturated heterocycles. The average Bonchev–Trinajstić information content (AvgIpc) is 3.92. The minimum Gasteiger partial charge on any atom is -0.324 e. The zero-order valence-corrected chi connectivity index (χ0v) is 31.0. The molecule has 11 aromatic rings. The molecule has 6 heteroatoms. The summed E-state index contributed by atoms with van der Waals surface area (Å²) in [5, 5.41) is 13.6. The number of amidine groups is 2. The molecule has 1 atom stereocenters. The lowest BCUT2D eigenvalue weighted by molar-refractivity contribution is 0.752. The number of benzene rings is 8. The SMILES string of the molecule is c1ccc(C2=NC(c3ccc4c(sc5ccccc54)c3-n3c4ccccc4c4cc5ccccc5cc43)N=C(c3ccc4sc5ccccc5c4c3)N2)cc1. The summed E-state index contributed by atoms with van der Waals surface area (Å²) in [6.45, 7) is 0. The molecule has 4 heterocycles. The summed E-state index contributed by atoms with van der Waals surface area (Å²) >= 11 is 3.68. The number of aromatic nitrogens is 1. The first-order valence-electron chi connectivity index (χ1n) is 18.5. The van der Waals surface area contributed by atoms with E-state index in [0.29, 0.717) is 0 Å². The highest BCUT2D eigenvalue weighted by Crippen LogP contribution is 2.45. The Hall–Kier alpha value is -6.60. The van der Waals surface area contributed by atoms with E-state index < -0.39 is 6.17 Å². The van der Waals surface area contributed by atoms with Gasteiger partial charge in [0, 0.05) is 63.1 Å². The summed E-state index contributed by atoms with van der Waals surface area (Å²) in [6.07, 6.45) is -0.511. The third-order valence-corrected chi connectivity index (χ3v) is 13.4. The van der Waals surface area contributed by atoms with Crippen LogP contribution in [0, 0.1) is 0 Å². The molecule has 1 unspecified atom stereocenters. The molecular weight excluding hydrogens is 709 g/mol. The van der Waals surface area contributed by atoms with Crippen molar-refractivity contribution < 1.29 is 0 Å². The second kappa shape index (κ2) is 12.0. The van der Waals surface area contributed by atoms with Crippen LogP contribution in [-0.4, -0.2) is 16.2 Å². The molecule has 0 spiro atoms. The first-order valence-corrected chi connectivity index (χ1v) is 20.1. The van der Waals surface area contributed by atoms with E-state index in [2.05, 4.69) is 180 Å². The second-order valence-corrected chi connectivity index (χ2v) is 16.3. The topological polar surface area (TPSA) is 41.7 Å². The molecule has 0 radical (unpaired) electrons. The minimum atomic E-state index is -0.511. The van der Waals surface area contributed by atoms with Gasteiger partial charge in [0.1, 0.15) is 11.7 Å². The molecule has 3 aromatic heterocycles. The van der Waals surface area contributed by atoms with E-state index in [9.17, 15) is 0 Å². The lowest BCUT2D eigenvalue weighted by atomic mass is 10.0. The van der Waals surface area contributed by atoms with Crippen molar-refractivity contribution in [3.05, 3.63) is 187 Å². The predicted molar refractivity (Wildman–Crippen MR) is 236 cm³/mol. The van der Waals surface area contributed by atoms with E-state index in [0.717, 1.165) is 34.0 Å². The van der Waals surface area contributed by atoms with Gasteiger partial charge in [-0.2, -0.15) is 0 Å². The number of fused-ring (bicyclic) bond motifs is 10. The fourth-order valence-corrected chi connectivity index (χ4v) is 10.8. The molecule has 1 aliphatic heterocycles. The van der Waals surface area contributed by atoms with Crippen molar-refractivity contribution in [2.45, 2.75) is 6.17 Å². The van der Waals surface area contributed by atoms with Crippen LogP contribution in [0.3, 0.4) is 0 Å². The van der Waals surface area contributed by atoms with Gasteiger partial charge >= 0.3 is 0 Å². The van der Waals surface area contributed by atoms with Crippen LogP contribution in [0.25, 0.3) is 78.6 Å². The lowest BCUT2D eigenvalue weighted by Crippen LogP contribution is -2.36. The normalized spacial score (nSPS) is 14.7. The maximum atomic E-state index is 5.52. The summed E-state index contributed by atoms with van der Waals surface area (Å²) in [5.41, 5.74) is 6.59. The summed E-state index contributed by atoms with van der Waals surface area (Å²) in [5.74, 6) is 1.62. The maximum Gasteiger partial charge on any atom is 0.171 e. The number of para-hydroxylation sites is 1. The third kappa shape index (κ3) is 4.75. The van der Waals surface area contributed by atoms with Crippen LogP contribution in [0.5, 0.6) is 0 Å². The van der Waals surface area contributed by atoms with E-state index in [1.165, 1.54) is 72.9 Å². The molecule has 12 rings (SSSR count). The summed E-state index contributed by atoms with van der Waals surface area (Å²) in [4.78, 5) is 11.0. The first-order chi connectivity index (χ1) is 27.2. The molecular formula is C49H30N4S2. The van der Waals surface area contributed by atoms with E-state index in [1.54, 1.807) is 0 Å². The number of thiophene rings is 2. The van der Waals surface area contributed by atoms with Gasteiger partial charge in [0.25, 0.3) is 0 Å². The molecule has 1 aliphatic rings. The number of hydrogen-bond acceptors (Lipinski definition) is 5. The molecule has 0 saturated carbocycles. The van der Waals surface area contributed by atoms with Gasteiger partial charge in [-0.3, -0.25) is 0 Å². The van der Waals surface area contributed by atoms with Crippen molar-refractivity contribution >= 4 is 107 Å². The predicted octanol–water partition coefficient (Wildman–Crippen LogP) is 13.2. The van der Waals surface area contributed by atoms with Crippen molar-refractivity contribution in [2.24, 2.45) is 9.98 Å². The van der Waals surface area contributed by atoms with Gasteiger partial charge in [-0.25, -0.2) is 9.98 Å². The van der Waals surface area contributed by atoms with Crippen molar-refractivity contribution in [2.75, 3.05) is 0 Å². The van der Waals surface area contributed by atoms with Crippen LogP contribution >= 0.6 is 22.7 Å². The minimum absolute atomic E-state index is 0.511. The highest BCUT2D eigenvalue weighted by atomic mass is 32.1. The molecule has 258 valence electrons. The number of hydrogen-bond donors (Lipinski definition) is 1. The van der Waals surface area contributed by atoms with E-state index in [4.69, 9.17) is 9.98 Å². The van der Waals surface area contributed by atoms with Crippen LogP contribution < -0.4 is 5.32 Å². The quantitative estimate of drug-likeness (QED) is 0.192. The van der Waals surface area contributed by atoms with Gasteiger partial charge in [-0.1, -0.05) is 121 Å². The Kier molecular flexibility index (Phi) is 6.70. The van der Waals surface area contributed by atoms with Crippen LogP contribution in [-0.2, 0) is 0 Å². The Bertz CT molecular complexity index is 3420. The van der Waals surface area contributed by atoms with Crippen molar-refractivity contribution in [1.29, 1.82) is 0 Å². The number of nitrogens with one attached hydrogen (secondary N) is 1. The average molecular weight is 739 g/mol. The van der Waals surface area contributed by atoms with Gasteiger partial charge in [0.05, 0.1) is 21.4 Å². The second-order valence-electron chi connectivity index (χ2n) is 14.2. The highest BCUT2D eigenvalue weighted by Gasteiger charge is 2.27. The standard InChI is InChI=1S/C49H30N4S2/c1-2-12-29(13-3-1)47-50-48(32-22-25-44-39(27-32)35-18-8-10-20-42(35)54-44)52-49(51-47)37-24-23-36-34-17-7-11-21-43(34)55-46(36)45(37)53-40-19-9-6-16-33(40)38-26-30-14-4-5-15-31(30)28-41(38)53/h1-28,49H,(H,50,51,52). The van der Waals surface area contributed by atoms with Crippen LogP contribution in [0.4, 0.5) is 0 Å². The molecule has 0 fully saturated rings. The molecule has 0 aliphatic carbocycles. The van der Waals surface area contributed by atoms with Gasteiger partial charge in [0.2, 0.25) is 0 Å². The van der Waals surface area contributed by atoms with E-state index in [-0.39, 0.29) is 0 Å². The van der Waals surface area contributed by atoms with Gasteiger partial charge < -0.3 is 9.88 Å². The molecule has 0 amide bonds. The highest BCUT2D eigenvalue weighted by molar-refractivity contribution is 7.26. The van der Waals surface area contributed by atoms with Gasteiger partial charge in [-0.15, -0.1) is 22.7 Å². The van der Waals surface area contributed by atoms with Crippen molar-refractivity contribution in [3.8, 4) is 5.69 Å². The summed E-state index contributed by atoms with van der Waals surface area (Å²) in [7, 11) is 0. The molecule has 8 aromatic carbocycles. The van der Waals surface area contributed by atoms with Crippen molar-refractivity contribution in [3.63, 3.8) is 0 Å². The van der Waals surface area contributed by atoms with Crippen LogP contribution in [0.1, 0.15) is 22.9 Å². The summed E-state index contributed by atoms with van der Waals surface area (Å²) < 4.78 is 7.54. The van der Waals surface area contributed by atoms with Crippen LogP contribution in [0.15, 0.2) is 180 Å². The fourth-order valence-electron chi connectivity index (χ4n) is 8.48. The molecule has 4 nitrogen and oxygen atoms in total. The first kappa shape index (κ1) is 30.8. The Labute approximate surface area is 324 Å². The van der Waals surface area contributed by atoms with Gasteiger partial charge in [-0.05, 0) is 59.3 Å². The number of nitrogens with zero attached hydrogens (tertiary/aromatic N) is 3. The smallest absolute Gasteiger partial charge is 0.171 e.